The summed E-state index contributed by atoms with van der Waals surface area (Å²) in [5, 5.41) is 6.04. The van der Waals surface area contributed by atoms with Gasteiger partial charge in [-0.1, -0.05) is 24.3 Å². The molecule has 1 saturated heterocycles. The topological polar surface area (TPSA) is 70.7 Å². The van der Waals surface area contributed by atoms with Gasteiger partial charge in [-0.05, 0) is 60.5 Å². The van der Waals surface area contributed by atoms with Crippen molar-refractivity contribution in [3.63, 3.8) is 0 Å². The second kappa shape index (κ2) is 10.1. The highest BCUT2D eigenvalue weighted by molar-refractivity contribution is 6.08. The Labute approximate surface area is 190 Å². The Bertz CT molecular complexity index is 1140. The molecule has 3 aromatic rings. The lowest BCUT2D eigenvalue weighted by atomic mass is 10.1. The van der Waals surface area contributed by atoms with Crippen LogP contribution in [0.5, 0.6) is 5.75 Å². The van der Waals surface area contributed by atoms with Crippen molar-refractivity contribution in [1.82, 2.24) is 4.90 Å². The van der Waals surface area contributed by atoms with Gasteiger partial charge in [-0.3, -0.25) is 9.59 Å². The molecular weight excluding hydrogens is 428 g/mol. The Kier molecular flexibility index (Phi) is 6.83. The first-order valence-electron chi connectivity index (χ1n) is 10.6. The predicted molar refractivity (Wildman–Crippen MR) is 122 cm³/mol. The van der Waals surface area contributed by atoms with Gasteiger partial charge in [-0.2, -0.15) is 8.78 Å². The molecule has 0 aliphatic carbocycles. The molecule has 170 valence electrons. The van der Waals surface area contributed by atoms with Crippen molar-refractivity contribution in [3.05, 3.63) is 83.9 Å². The molecule has 0 bridgehead atoms. The molecule has 8 heteroatoms. The minimum absolute atomic E-state index is 0.0529. The summed E-state index contributed by atoms with van der Waals surface area (Å²) in [5.74, 6) is -0.0968. The number of carbonyl (C=O) groups is 2. The molecule has 33 heavy (non-hydrogen) atoms. The van der Waals surface area contributed by atoms with Crippen molar-refractivity contribution < 1.29 is 23.1 Å². The lowest BCUT2D eigenvalue weighted by Gasteiger charge is -2.16. The minimum atomic E-state index is -2.89. The van der Waals surface area contributed by atoms with E-state index in [4.69, 9.17) is 0 Å². The molecular formula is C25H23F2N3O3. The van der Waals surface area contributed by atoms with Crippen LogP contribution in [0.4, 0.5) is 25.8 Å². The van der Waals surface area contributed by atoms with Gasteiger partial charge in [-0.25, -0.2) is 0 Å². The van der Waals surface area contributed by atoms with Gasteiger partial charge in [0.1, 0.15) is 5.75 Å². The van der Waals surface area contributed by atoms with Gasteiger partial charge in [0.15, 0.2) is 0 Å². The van der Waals surface area contributed by atoms with Crippen LogP contribution in [0.15, 0.2) is 72.8 Å². The first-order chi connectivity index (χ1) is 16.0. The molecule has 1 fully saturated rings. The van der Waals surface area contributed by atoms with Crippen molar-refractivity contribution >= 4 is 28.9 Å². The van der Waals surface area contributed by atoms with Gasteiger partial charge >= 0.3 is 6.61 Å². The summed E-state index contributed by atoms with van der Waals surface area (Å²) in [6.07, 6.45) is 1.46. The van der Waals surface area contributed by atoms with E-state index < -0.39 is 6.61 Å². The number of anilines is 3. The van der Waals surface area contributed by atoms with Crippen molar-refractivity contribution in [1.29, 1.82) is 0 Å². The molecule has 0 unspecified atom stereocenters. The normalized spacial score (nSPS) is 13.3. The molecule has 0 atom stereocenters. The Morgan fingerprint density at radius 1 is 1.00 bits per heavy atom. The molecule has 0 aromatic heterocycles. The Hall–Kier alpha value is -3.94. The lowest BCUT2D eigenvalue weighted by molar-refractivity contribution is -0.128. The van der Waals surface area contributed by atoms with Crippen LogP contribution in [0.25, 0.3) is 0 Å². The summed E-state index contributed by atoms with van der Waals surface area (Å²) in [6, 6.07) is 20.5. The fourth-order valence-corrected chi connectivity index (χ4v) is 3.70. The quantitative estimate of drug-likeness (QED) is 0.481. The van der Waals surface area contributed by atoms with Crippen LogP contribution in [-0.4, -0.2) is 29.9 Å². The number of halogens is 2. The SMILES string of the molecule is O=C(Nc1cccc(CN2CCCC2=O)c1)c1ccccc1Nc1ccc(OC(F)F)cc1. The number of hydrogen-bond acceptors (Lipinski definition) is 4. The zero-order valence-corrected chi connectivity index (χ0v) is 17.8. The van der Waals surface area contributed by atoms with Crippen molar-refractivity contribution in [2.45, 2.75) is 26.0 Å². The minimum Gasteiger partial charge on any atom is -0.435 e. The number of ether oxygens (including phenoxy) is 1. The molecule has 0 radical (unpaired) electrons. The number of likely N-dealkylation sites (tertiary alicyclic amines) is 1. The molecule has 0 spiro atoms. The van der Waals surface area contributed by atoms with Crippen LogP contribution in [0.3, 0.4) is 0 Å². The molecule has 1 heterocycles. The van der Waals surface area contributed by atoms with Gasteiger partial charge in [-0.15, -0.1) is 0 Å². The number of para-hydroxylation sites is 1. The first-order valence-corrected chi connectivity index (χ1v) is 10.6. The van der Waals surface area contributed by atoms with Crippen molar-refractivity contribution in [3.8, 4) is 5.75 Å². The summed E-state index contributed by atoms with van der Waals surface area (Å²) in [4.78, 5) is 26.7. The molecule has 6 nitrogen and oxygen atoms in total. The van der Waals surface area contributed by atoms with E-state index in [-0.39, 0.29) is 17.6 Å². The van der Waals surface area contributed by atoms with Gasteiger partial charge < -0.3 is 20.3 Å². The highest BCUT2D eigenvalue weighted by atomic mass is 19.3. The maximum Gasteiger partial charge on any atom is 0.387 e. The number of alkyl halides is 2. The molecule has 3 aromatic carbocycles. The van der Waals surface area contributed by atoms with Gasteiger partial charge in [0.25, 0.3) is 5.91 Å². The monoisotopic (exact) mass is 451 g/mol. The first kappa shape index (κ1) is 22.3. The number of benzene rings is 3. The van der Waals surface area contributed by atoms with Crippen LogP contribution in [0, 0.1) is 0 Å². The number of nitrogens with zero attached hydrogens (tertiary/aromatic N) is 1. The van der Waals surface area contributed by atoms with Gasteiger partial charge in [0.2, 0.25) is 5.91 Å². The standard InChI is InChI=1S/C25H23F2N3O3/c26-25(27)33-20-12-10-18(11-13-20)28-22-8-2-1-7-21(22)24(32)29-19-6-3-5-17(15-19)16-30-14-4-9-23(30)31/h1-3,5-8,10-13,15,25,28H,4,9,14,16H2,(H,29,32). The van der Waals surface area contributed by atoms with Crippen LogP contribution >= 0.6 is 0 Å². The average molecular weight is 451 g/mol. The van der Waals surface area contributed by atoms with Crippen LogP contribution < -0.4 is 15.4 Å². The molecule has 2 N–H and O–H groups in total. The second-order valence-corrected chi connectivity index (χ2v) is 7.65. The highest BCUT2D eigenvalue weighted by Crippen LogP contribution is 2.25. The lowest BCUT2D eigenvalue weighted by Crippen LogP contribution is -2.23. The van der Waals surface area contributed by atoms with E-state index in [1.54, 1.807) is 42.5 Å². The summed E-state index contributed by atoms with van der Waals surface area (Å²) in [5.41, 5.74) is 3.18. The third-order valence-corrected chi connectivity index (χ3v) is 5.26. The largest absolute Gasteiger partial charge is 0.435 e. The highest BCUT2D eigenvalue weighted by Gasteiger charge is 2.20. The molecule has 0 saturated carbocycles. The number of carbonyl (C=O) groups excluding carboxylic acids is 2. The fraction of sp³-hybridized carbons (Fsp3) is 0.200. The maximum absolute atomic E-state index is 13.0. The maximum atomic E-state index is 13.0. The summed E-state index contributed by atoms with van der Waals surface area (Å²) in [6.45, 7) is -1.61. The van der Waals surface area contributed by atoms with Gasteiger partial charge in [0, 0.05) is 30.9 Å². The molecule has 1 aliphatic rings. The summed E-state index contributed by atoms with van der Waals surface area (Å²) < 4.78 is 29.0. The molecule has 1 aliphatic heterocycles. The van der Waals surface area contributed by atoms with E-state index in [0.29, 0.717) is 35.6 Å². The van der Waals surface area contributed by atoms with Gasteiger partial charge in [0.05, 0.1) is 11.3 Å². The van der Waals surface area contributed by atoms with Crippen LogP contribution in [-0.2, 0) is 11.3 Å². The zero-order chi connectivity index (χ0) is 23.2. The third-order valence-electron chi connectivity index (χ3n) is 5.26. The van der Waals surface area contributed by atoms with E-state index in [1.807, 2.05) is 23.1 Å². The smallest absolute Gasteiger partial charge is 0.387 e. The third kappa shape index (κ3) is 5.85. The summed E-state index contributed by atoms with van der Waals surface area (Å²) >= 11 is 0. The fourth-order valence-electron chi connectivity index (χ4n) is 3.70. The second-order valence-electron chi connectivity index (χ2n) is 7.65. The van der Waals surface area contributed by atoms with E-state index in [0.717, 1.165) is 18.5 Å². The predicted octanol–water partition coefficient (Wildman–Crippen LogP) is 5.41. The van der Waals surface area contributed by atoms with Crippen LogP contribution in [0.1, 0.15) is 28.8 Å². The van der Waals surface area contributed by atoms with Crippen molar-refractivity contribution in [2.24, 2.45) is 0 Å². The van der Waals surface area contributed by atoms with E-state index in [2.05, 4.69) is 15.4 Å². The Morgan fingerprint density at radius 2 is 1.79 bits per heavy atom. The molecule has 2 amide bonds. The van der Waals surface area contributed by atoms with Crippen molar-refractivity contribution in [2.75, 3.05) is 17.2 Å². The Morgan fingerprint density at radius 3 is 2.52 bits per heavy atom. The average Bonchev–Trinajstić information content (AvgIpc) is 3.19. The number of rotatable bonds is 8. The molecule has 4 rings (SSSR count). The van der Waals surface area contributed by atoms with E-state index >= 15 is 0 Å². The zero-order valence-electron chi connectivity index (χ0n) is 17.8. The Balaban J connectivity index is 1.45. The number of nitrogens with one attached hydrogen (secondary N) is 2. The summed E-state index contributed by atoms with van der Waals surface area (Å²) in [7, 11) is 0. The number of hydrogen-bond donors (Lipinski definition) is 2. The van der Waals surface area contributed by atoms with E-state index in [9.17, 15) is 18.4 Å². The van der Waals surface area contributed by atoms with E-state index in [1.165, 1.54) is 12.1 Å². The number of amides is 2. The van der Waals surface area contributed by atoms with Crippen LogP contribution in [0.2, 0.25) is 0 Å².